The summed E-state index contributed by atoms with van der Waals surface area (Å²) in [4.78, 5) is 49.7. The zero-order chi connectivity index (χ0) is 44.1. The molecule has 1 fully saturated rings. The van der Waals surface area contributed by atoms with E-state index in [4.69, 9.17) is 14.2 Å². The average molecular weight is 849 g/mol. The van der Waals surface area contributed by atoms with Crippen LogP contribution in [0.25, 0.3) is 22.0 Å². The molecule has 0 bridgehead atoms. The van der Waals surface area contributed by atoms with E-state index in [-0.39, 0.29) is 35.1 Å². The zero-order valence-electron chi connectivity index (χ0n) is 35.2. The molecule has 1 N–H and O–H groups in total. The number of nitrogens with one attached hydrogen (secondary N) is 1. The molecule has 2 aliphatic heterocycles. The van der Waals surface area contributed by atoms with Crippen LogP contribution in [0.4, 0.5) is 26.0 Å². The van der Waals surface area contributed by atoms with Crippen molar-refractivity contribution in [2.45, 2.75) is 25.8 Å². The first-order valence-electron chi connectivity index (χ1n) is 20.1. The number of hydrogen-bond acceptors (Lipinski definition) is 11. The van der Waals surface area contributed by atoms with Gasteiger partial charge in [-0.3, -0.25) is 9.59 Å². The van der Waals surface area contributed by atoms with Crippen molar-refractivity contribution in [2.24, 2.45) is 4.99 Å². The minimum atomic E-state index is -1.06. The number of hydrogen-bond donors (Lipinski definition) is 1. The highest BCUT2D eigenvalue weighted by Crippen LogP contribution is 2.38. The third kappa shape index (κ3) is 9.41. The number of ether oxygens (including phenoxy) is 3. The van der Waals surface area contributed by atoms with Gasteiger partial charge in [-0.2, -0.15) is 0 Å². The standard InChI is InChI=1S/C46H47F2N7O7/c1-29(31-9-6-8-30(22-31)23-36(56)10-7-19-55(2,3)28-32-15-16-49-45(32)54(58)59)53-38-25-41(51-34-11-13-35(14-12-34)52-17-20-62-21-18-52)50-27-33(38)24-37(46(53)57)42-43(47)39(60-4)26-40(61-5)44(42)48/h6-14,16,22,24-27,29H,15,17-21,23,28H2,1-5H3/p+1/b10-7+. The van der Waals surface area contributed by atoms with Crippen LogP contribution in [0, 0.1) is 21.7 Å². The topological polar surface area (TPSA) is 150 Å². The van der Waals surface area contributed by atoms with E-state index in [0.717, 1.165) is 30.5 Å². The van der Waals surface area contributed by atoms with Crippen LogP contribution >= 0.6 is 0 Å². The third-order valence-corrected chi connectivity index (χ3v) is 11.0. The summed E-state index contributed by atoms with van der Waals surface area (Å²) in [5.41, 5.74) is 2.72. The molecular formula is C46H48F2N7O7+. The van der Waals surface area contributed by atoms with Crippen LogP contribution in [-0.2, 0) is 16.0 Å². The van der Waals surface area contributed by atoms with Gasteiger partial charge < -0.3 is 43.6 Å². The summed E-state index contributed by atoms with van der Waals surface area (Å²) in [6, 6.07) is 18.7. The summed E-state index contributed by atoms with van der Waals surface area (Å²) < 4.78 is 49.8. The van der Waals surface area contributed by atoms with Crippen LogP contribution in [0.15, 0.2) is 106 Å². The lowest BCUT2D eigenvalue weighted by Gasteiger charge is -2.28. The molecule has 1 saturated heterocycles. The molecular weight excluding hydrogens is 801 g/mol. The van der Waals surface area contributed by atoms with Crippen molar-refractivity contribution in [3.8, 4) is 22.6 Å². The van der Waals surface area contributed by atoms with Gasteiger partial charge in [0.15, 0.2) is 28.9 Å². The Morgan fingerprint density at radius 2 is 1.74 bits per heavy atom. The molecule has 7 rings (SSSR count). The van der Waals surface area contributed by atoms with Gasteiger partial charge in [-0.1, -0.05) is 29.3 Å². The molecule has 0 spiro atoms. The maximum atomic E-state index is 16.0. The molecule has 0 amide bonds. The number of morpholine rings is 1. The predicted molar refractivity (Wildman–Crippen MR) is 234 cm³/mol. The van der Waals surface area contributed by atoms with Gasteiger partial charge in [0.25, 0.3) is 5.56 Å². The fourth-order valence-electron chi connectivity index (χ4n) is 7.87. The molecule has 16 heteroatoms. The average Bonchev–Trinajstić information content (AvgIpc) is 3.72. The fraction of sp³-hybridized carbons (Fsp3) is 0.304. The van der Waals surface area contributed by atoms with Gasteiger partial charge in [0.1, 0.15) is 18.6 Å². The predicted octanol–water partition coefficient (Wildman–Crippen LogP) is 7.26. The normalized spacial score (nSPS) is 14.8. The molecule has 0 aliphatic carbocycles. The van der Waals surface area contributed by atoms with Gasteiger partial charge in [0, 0.05) is 61.0 Å². The van der Waals surface area contributed by atoms with Gasteiger partial charge >= 0.3 is 5.82 Å². The Balaban J connectivity index is 1.20. The highest BCUT2D eigenvalue weighted by atomic mass is 19.1. The Labute approximate surface area is 357 Å². The van der Waals surface area contributed by atoms with Gasteiger partial charge in [-0.05, 0) is 65.5 Å². The number of quaternary nitrogens is 1. The lowest BCUT2D eigenvalue weighted by Crippen LogP contribution is -2.41. The summed E-state index contributed by atoms with van der Waals surface area (Å²) in [5.74, 6) is -2.56. The molecule has 4 heterocycles. The molecule has 1 unspecified atom stereocenters. The monoisotopic (exact) mass is 848 g/mol. The number of carbonyl (C=O) groups is 1. The molecule has 62 heavy (non-hydrogen) atoms. The second-order valence-corrected chi connectivity index (χ2v) is 15.9. The van der Waals surface area contributed by atoms with Crippen molar-refractivity contribution in [3.05, 3.63) is 140 Å². The second kappa shape index (κ2) is 18.5. The number of nitrogens with zero attached hydrogens (tertiary/aromatic N) is 6. The molecule has 5 aromatic rings. The minimum Gasteiger partial charge on any atom is -0.494 e. The number of pyridine rings is 2. The molecule has 1 atom stereocenters. The number of nitro groups is 1. The number of rotatable bonds is 16. The summed E-state index contributed by atoms with van der Waals surface area (Å²) in [5, 5.41) is 15.1. The van der Waals surface area contributed by atoms with Crippen LogP contribution in [0.1, 0.15) is 30.5 Å². The van der Waals surface area contributed by atoms with E-state index in [1.807, 2.05) is 56.6 Å². The number of ketones is 1. The number of likely N-dealkylation sites (N-methyl/N-ethyl adjacent to an activating group) is 1. The number of methoxy groups -OCH3 is 2. The van der Waals surface area contributed by atoms with Crippen molar-refractivity contribution in [1.82, 2.24) is 9.55 Å². The summed E-state index contributed by atoms with van der Waals surface area (Å²) in [6.45, 7) is 5.60. The van der Waals surface area contributed by atoms with E-state index in [1.165, 1.54) is 37.1 Å². The lowest BCUT2D eigenvalue weighted by molar-refractivity contribution is -0.880. The van der Waals surface area contributed by atoms with Crippen molar-refractivity contribution < 1.29 is 37.2 Å². The number of carbonyl (C=O) groups excluding carboxylic acids is 1. The molecule has 2 aliphatic rings. The highest BCUT2D eigenvalue weighted by molar-refractivity contribution is 5.91. The smallest absolute Gasteiger partial charge is 0.368 e. The van der Waals surface area contributed by atoms with Gasteiger partial charge in [0.05, 0.1) is 76.3 Å². The highest BCUT2D eigenvalue weighted by Gasteiger charge is 2.29. The van der Waals surface area contributed by atoms with Crippen molar-refractivity contribution in [2.75, 3.05) is 77.9 Å². The zero-order valence-corrected chi connectivity index (χ0v) is 35.2. The quantitative estimate of drug-likeness (QED) is 0.0466. The van der Waals surface area contributed by atoms with Gasteiger partial charge in [0.2, 0.25) is 0 Å². The molecule has 14 nitrogen and oxygen atoms in total. The maximum Gasteiger partial charge on any atom is 0.368 e. The number of anilines is 3. The number of allylic oxidation sites excluding steroid dienone is 1. The number of fused-ring (bicyclic) bond motifs is 1. The number of aromatic nitrogens is 2. The lowest BCUT2D eigenvalue weighted by atomic mass is 9.99. The van der Waals surface area contributed by atoms with Crippen molar-refractivity contribution in [1.29, 1.82) is 0 Å². The molecule has 0 saturated carbocycles. The largest absolute Gasteiger partial charge is 0.494 e. The SMILES string of the molecule is COc1cc(OC)c(F)c(-c2cc3cnc(Nc4ccc(N5CCOCC5)cc4)cc3n(C(C)c3cccc(CC(=O)/C=C/C[N+](C)(C)CC4=C([N+](=O)[O-])N=CC4)c3)c2=O)c1F. The summed E-state index contributed by atoms with van der Waals surface area (Å²) in [6.07, 6.45) is 6.83. The molecule has 0 radical (unpaired) electrons. The van der Waals surface area contributed by atoms with Crippen molar-refractivity contribution >= 4 is 40.1 Å². The van der Waals surface area contributed by atoms with Crippen LogP contribution < -0.4 is 25.2 Å². The Kier molecular flexibility index (Phi) is 12.9. The van der Waals surface area contributed by atoms with E-state index in [9.17, 15) is 19.7 Å². The fourth-order valence-corrected chi connectivity index (χ4v) is 7.87. The first-order valence-corrected chi connectivity index (χ1v) is 20.1. The van der Waals surface area contributed by atoms with Crippen LogP contribution in [0.3, 0.4) is 0 Å². The van der Waals surface area contributed by atoms with Crippen LogP contribution in [-0.4, -0.2) is 98.7 Å². The number of halogens is 2. The maximum absolute atomic E-state index is 16.0. The Morgan fingerprint density at radius 3 is 2.42 bits per heavy atom. The van der Waals surface area contributed by atoms with Gasteiger partial charge in [-0.25, -0.2) is 13.8 Å². The Morgan fingerprint density at radius 1 is 1.03 bits per heavy atom. The van der Waals surface area contributed by atoms with E-state index in [0.29, 0.717) is 70.6 Å². The Bertz CT molecular complexity index is 2640. The molecule has 322 valence electrons. The minimum absolute atomic E-state index is 0.0625. The first kappa shape index (κ1) is 43.3. The summed E-state index contributed by atoms with van der Waals surface area (Å²) in [7, 11) is 6.33. The van der Waals surface area contributed by atoms with E-state index >= 15 is 8.78 Å². The van der Waals surface area contributed by atoms with Crippen molar-refractivity contribution in [3.63, 3.8) is 0 Å². The van der Waals surface area contributed by atoms with E-state index < -0.39 is 33.7 Å². The van der Waals surface area contributed by atoms with E-state index in [2.05, 4.69) is 20.2 Å². The molecule has 3 aromatic carbocycles. The second-order valence-electron chi connectivity index (χ2n) is 15.9. The first-order chi connectivity index (χ1) is 29.8. The molecule has 2 aromatic heterocycles. The van der Waals surface area contributed by atoms with E-state index in [1.54, 1.807) is 31.3 Å². The Hall–Kier alpha value is -6.78. The third-order valence-electron chi connectivity index (χ3n) is 11.0. The summed E-state index contributed by atoms with van der Waals surface area (Å²) >= 11 is 0. The van der Waals surface area contributed by atoms with Crippen LogP contribution in [0.5, 0.6) is 11.5 Å². The van der Waals surface area contributed by atoms with Crippen LogP contribution in [0.2, 0.25) is 0 Å². The van der Waals surface area contributed by atoms with Gasteiger partial charge in [-0.15, -0.1) is 0 Å². The number of aliphatic imine (C=N–C) groups is 1. The number of benzene rings is 3.